The van der Waals surface area contributed by atoms with Gasteiger partial charge in [0, 0.05) is 21.8 Å². The fourth-order valence-electron chi connectivity index (χ4n) is 1.83. The van der Waals surface area contributed by atoms with Crippen molar-refractivity contribution in [1.82, 2.24) is 0 Å². The molecule has 2 aromatic rings. The van der Waals surface area contributed by atoms with Crippen LogP contribution in [0.5, 0.6) is 5.75 Å². The van der Waals surface area contributed by atoms with E-state index in [1.165, 1.54) is 31.4 Å². The van der Waals surface area contributed by atoms with Crippen LogP contribution in [0.1, 0.15) is 5.56 Å². The van der Waals surface area contributed by atoms with Crippen molar-refractivity contribution >= 4 is 33.6 Å². The number of ether oxygens (including phenoxy) is 1. The summed E-state index contributed by atoms with van der Waals surface area (Å²) in [5.74, 6) is -0.571. The molecule has 0 fully saturated rings. The summed E-state index contributed by atoms with van der Waals surface area (Å²) in [5, 5.41) is 11.7. The van der Waals surface area contributed by atoms with Crippen molar-refractivity contribution in [2.24, 2.45) is 0 Å². The molecule has 2 rings (SSSR count). The first-order valence-corrected chi connectivity index (χ1v) is 7.35. The number of carbonyl (C=O) groups is 1. The number of anilines is 1. The summed E-state index contributed by atoms with van der Waals surface area (Å²) in [6.45, 7) is 0. The number of hydrogen-bond acceptors (Lipinski definition) is 3. The third-order valence-electron chi connectivity index (χ3n) is 2.95. The minimum absolute atomic E-state index is 0.150. The molecule has 1 amide bonds. The lowest BCUT2D eigenvalue weighted by molar-refractivity contribution is -0.112. The molecule has 0 bridgehead atoms. The topological polar surface area (TPSA) is 62.1 Å². The average molecular weight is 375 g/mol. The molecule has 0 saturated carbocycles. The molecule has 116 valence electrons. The van der Waals surface area contributed by atoms with Gasteiger partial charge < -0.3 is 10.1 Å². The third-order valence-corrected chi connectivity index (χ3v) is 3.44. The minimum atomic E-state index is -0.625. The van der Waals surface area contributed by atoms with Gasteiger partial charge in [0.05, 0.1) is 7.11 Å². The Morgan fingerprint density at radius 2 is 2.13 bits per heavy atom. The Morgan fingerprint density at radius 3 is 2.83 bits per heavy atom. The van der Waals surface area contributed by atoms with Crippen molar-refractivity contribution in [3.8, 4) is 11.8 Å². The smallest absolute Gasteiger partial charge is 0.266 e. The lowest BCUT2D eigenvalue weighted by Gasteiger charge is -2.06. The number of methoxy groups -OCH3 is 1. The molecule has 0 aromatic heterocycles. The maximum Gasteiger partial charge on any atom is 0.266 e. The number of benzene rings is 2. The Labute approximate surface area is 141 Å². The maximum absolute atomic E-state index is 13.7. The molecule has 4 nitrogen and oxygen atoms in total. The predicted molar refractivity (Wildman–Crippen MR) is 89.3 cm³/mol. The van der Waals surface area contributed by atoms with Crippen LogP contribution in [0, 0.1) is 17.1 Å². The zero-order valence-electron chi connectivity index (χ0n) is 12.1. The average Bonchev–Trinajstić information content (AvgIpc) is 2.55. The number of nitrogens with one attached hydrogen (secondary N) is 1. The Balaban J connectivity index is 2.26. The first kappa shape index (κ1) is 16.7. The van der Waals surface area contributed by atoms with Gasteiger partial charge in [0.1, 0.15) is 23.2 Å². The van der Waals surface area contributed by atoms with E-state index in [0.29, 0.717) is 15.9 Å². The normalized spacial score (nSPS) is 10.8. The Morgan fingerprint density at radius 1 is 1.35 bits per heavy atom. The molecule has 0 atom stereocenters. The SMILES string of the molecule is COc1cccc(NC(=O)/C(C#N)=C/c2cc(Br)ccc2F)c1. The molecule has 0 spiro atoms. The third kappa shape index (κ3) is 4.41. The lowest BCUT2D eigenvalue weighted by Crippen LogP contribution is -2.13. The fraction of sp³-hybridized carbons (Fsp3) is 0.0588. The minimum Gasteiger partial charge on any atom is -0.497 e. The summed E-state index contributed by atoms with van der Waals surface area (Å²) >= 11 is 3.22. The van der Waals surface area contributed by atoms with Crippen LogP contribution < -0.4 is 10.1 Å². The quantitative estimate of drug-likeness (QED) is 0.645. The Hall–Kier alpha value is -2.65. The fourth-order valence-corrected chi connectivity index (χ4v) is 2.21. The van der Waals surface area contributed by atoms with Crippen molar-refractivity contribution in [3.63, 3.8) is 0 Å². The first-order chi connectivity index (χ1) is 11.0. The van der Waals surface area contributed by atoms with Crippen LogP contribution in [0.2, 0.25) is 0 Å². The second-order valence-electron chi connectivity index (χ2n) is 4.52. The van der Waals surface area contributed by atoms with E-state index in [1.54, 1.807) is 30.3 Å². The number of rotatable bonds is 4. The molecule has 1 N–H and O–H groups in total. The van der Waals surface area contributed by atoms with E-state index >= 15 is 0 Å². The zero-order valence-corrected chi connectivity index (χ0v) is 13.7. The van der Waals surface area contributed by atoms with Gasteiger partial charge >= 0.3 is 0 Å². The van der Waals surface area contributed by atoms with E-state index in [2.05, 4.69) is 21.2 Å². The van der Waals surface area contributed by atoms with Gasteiger partial charge in [-0.2, -0.15) is 5.26 Å². The van der Waals surface area contributed by atoms with Crippen LogP contribution in [0.15, 0.2) is 52.5 Å². The number of carbonyl (C=O) groups excluding carboxylic acids is 1. The largest absolute Gasteiger partial charge is 0.497 e. The van der Waals surface area contributed by atoms with Gasteiger partial charge in [-0.15, -0.1) is 0 Å². The molecular formula is C17H12BrFN2O2. The van der Waals surface area contributed by atoms with Crippen molar-refractivity contribution < 1.29 is 13.9 Å². The summed E-state index contributed by atoms with van der Waals surface area (Å²) in [6, 6.07) is 12.8. The molecule has 0 aliphatic rings. The molecule has 0 aliphatic carbocycles. The predicted octanol–water partition coefficient (Wildman–Crippen LogP) is 4.14. The molecule has 0 saturated heterocycles. The Kier molecular flexibility index (Phi) is 5.50. The van der Waals surface area contributed by atoms with E-state index in [0.717, 1.165) is 0 Å². The van der Waals surface area contributed by atoms with Crippen molar-refractivity contribution in [1.29, 1.82) is 5.26 Å². The van der Waals surface area contributed by atoms with Crippen LogP contribution in [0.25, 0.3) is 6.08 Å². The van der Waals surface area contributed by atoms with Crippen LogP contribution in [0.3, 0.4) is 0 Å². The molecule has 6 heteroatoms. The van der Waals surface area contributed by atoms with E-state index < -0.39 is 11.7 Å². The molecule has 0 unspecified atom stereocenters. The van der Waals surface area contributed by atoms with E-state index in [9.17, 15) is 9.18 Å². The maximum atomic E-state index is 13.7. The number of hydrogen-bond donors (Lipinski definition) is 1. The van der Waals surface area contributed by atoms with Gasteiger partial charge in [0.25, 0.3) is 5.91 Å². The molecular weight excluding hydrogens is 363 g/mol. The second-order valence-corrected chi connectivity index (χ2v) is 5.44. The van der Waals surface area contributed by atoms with Crippen LogP contribution in [0.4, 0.5) is 10.1 Å². The van der Waals surface area contributed by atoms with Gasteiger partial charge in [0.2, 0.25) is 0 Å². The molecule has 0 heterocycles. The van der Waals surface area contributed by atoms with Gasteiger partial charge in [-0.25, -0.2) is 4.39 Å². The molecule has 0 aliphatic heterocycles. The molecule has 2 aromatic carbocycles. The van der Waals surface area contributed by atoms with Crippen LogP contribution >= 0.6 is 15.9 Å². The van der Waals surface area contributed by atoms with Gasteiger partial charge in [-0.05, 0) is 36.4 Å². The number of nitriles is 1. The van der Waals surface area contributed by atoms with Gasteiger partial charge in [-0.1, -0.05) is 22.0 Å². The Bertz CT molecular complexity index is 812. The second kappa shape index (κ2) is 7.56. The first-order valence-electron chi connectivity index (χ1n) is 6.55. The summed E-state index contributed by atoms with van der Waals surface area (Å²) < 4.78 is 19.4. The van der Waals surface area contributed by atoms with Gasteiger partial charge in [-0.3, -0.25) is 4.79 Å². The summed E-state index contributed by atoms with van der Waals surface area (Å²) in [4.78, 5) is 12.2. The van der Waals surface area contributed by atoms with Crippen molar-refractivity contribution in [3.05, 3.63) is 63.9 Å². The lowest BCUT2D eigenvalue weighted by atomic mass is 10.1. The van der Waals surface area contributed by atoms with Crippen LogP contribution in [-0.4, -0.2) is 13.0 Å². The molecule has 23 heavy (non-hydrogen) atoms. The number of nitrogens with zero attached hydrogens (tertiary/aromatic N) is 1. The standard InChI is InChI=1S/C17H12BrFN2O2/c1-23-15-4-2-3-14(9-15)21-17(22)12(10-20)7-11-8-13(18)5-6-16(11)19/h2-9H,1H3,(H,21,22)/b12-7+. The highest BCUT2D eigenvalue weighted by Gasteiger charge is 2.11. The highest BCUT2D eigenvalue weighted by molar-refractivity contribution is 9.10. The van der Waals surface area contributed by atoms with E-state index in [1.807, 2.05) is 0 Å². The summed E-state index contributed by atoms with van der Waals surface area (Å²) in [6.07, 6.45) is 1.20. The van der Waals surface area contributed by atoms with Gasteiger partial charge in [0.15, 0.2) is 0 Å². The number of amides is 1. The monoisotopic (exact) mass is 374 g/mol. The van der Waals surface area contributed by atoms with Crippen molar-refractivity contribution in [2.75, 3.05) is 12.4 Å². The highest BCUT2D eigenvalue weighted by Crippen LogP contribution is 2.20. The highest BCUT2D eigenvalue weighted by atomic mass is 79.9. The molecule has 0 radical (unpaired) electrons. The van der Waals surface area contributed by atoms with Crippen LogP contribution in [-0.2, 0) is 4.79 Å². The number of halogens is 2. The summed E-state index contributed by atoms with van der Waals surface area (Å²) in [7, 11) is 1.51. The zero-order chi connectivity index (χ0) is 16.8. The van der Waals surface area contributed by atoms with E-state index in [-0.39, 0.29) is 11.1 Å². The van der Waals surface area contributed by atoms with E-state index in [4.69, 9.17) is 10.00 Å². The van der Waals surface area contributed by atoms with Crippen molar-refractivity contribution in [2.45, 2.75) is 0 Å². The summed E-state index contributed by atoms with van der Waals surface area (Å²) in [5.41, 5.74) is 0.423.